The molecule has 1 aromatic carbocycles. The quantitative estimate of drug-likeness (QED) is 0.716. The van der Waals surface area contributed by atoms with Crippen molar-refractivity contribution in [3.63, 3.8) is 0 Å². The van der Waals surface area contributed by atoms with E-state index < -0.39 is 0 Å². The summed E-state index contributed by atoms with van der Waals surface area (Å²) < 4.78 is 0. The number of hydrogen-bond acceptors (Lipinski definition) is 3. The van der Waals surface area contributed by atoms with Crippen molar-refractivity contribution in [3.05, 3.63) is 34.9 Å². The summed E-state index contributed by atoms with van der Waals surface area (Å²) >= 11 is 5.85. The predicted octanol–water partition coefficient (Wildman–Crippen LogP) is 2.63. The normalized spacial score (nSPS) is 16.4. The molecule has 0 atom stereocenters. The summed E-state index contributed by atoms with van der Waals surface area (Å²) in [6.45, 7) is 3.67. The number of aliphatic hydroxyl groups excluding tert-OH is 1. The SMILES string of the molecule is O=C(CCCc1ccc(Cl)cc1)NCCCN1CCC(O)CC1. The molecule has 1 aromatic rings. The molecule has 0 saturated carbocycles. The Labute approximate surface area is 143 Å². The fourth-order valence-corrected chi connectivity index (χ4v) is 2.99. The molecule has 1 amide bonds. The summed E-state index contributed by atoms with van der Waals surface area (Å²) in [6.07, 6.45) is 4.93. The van der Waals surface area contributed by atoms with E-state index in [1.165, 1.54) is 5.56 Å². The highest BCUT2D eigenvalue weighted by Gasteiger charge is 2.16. The van der Waals surface area contributed by atoms with Gasteiger partial charge in [-0.1, -0.05) is 23.7 Å². The van der Waals surface area contributed by atoms with Crippen LogP contribution in [0.2, 0.25) is 5.02 Å². The van der Waals surface area contributed by atoms with Crippen molar-refractivity contribution in [2.45, 2.75) is 44.6 Å². The molecule has 1 heterocycles. The summed E-state index contributed by atoms with van der Waals surface area (Å²) in [4.78, 5) is 14.2. The van der Waals surface area contributed by atoms with Crippen molar-refractivity contribution in [2.24, 2.45) is 0 Å². The molecule has 2 rings (SSSR count). The molecule has 0 bridgehead atoms. The average molecular weight is 339 g/mol. The summed E-state index contributed by atoms with van der Waals surface area (Å²) in [5, 5.41) is 13.2. The number of carbonyl (C=O) groups excluding carboxylic acids is 1. The van der Waals surface area contributed by atoms with Gasteiger partial charge >= 0.3 is 0 Å². The molecule has 128 valence electrons. The van der Waals surface area contributed by atoms with E-state index in [1.807, 2.05) is 24.3 Å². The smallest absolute Gasteiger partial charge is 0.220 e. The molecule has 1 aliphatic heterocycles. The van der Waals surface area contributed by atoms with Gasteiger partial charge < -0.3 is 15.3 Å². The number of nitrogens with zero attached hydrogens (tertiary/aromatic N) is 1. The van der Waals surface area contributed by atoms with Crippen LogP contribution in [0.5, 0.6) is 0 Å². The zero-order chi connectivity index (χ0) is 16.5. The van der Waals surface area contributed by atoms with Gasteiger partial charge in [0.1, 0.15) is 0 Å². The number of benzene rings is 1. The lowest BCUT2D eigenvalue weighted by atomic mass is 10.1. The van der Waals surface area contributed by atoms with Crippen LogP contribution in [0.25, 0.3) is 0 Å². The molecule has 2 N–H and O–H groups in total. The van der Waals surface area contributed by atoms with Crippen LogP contribution in [0.4, 0.5) is 0 Å². The largest absolute Gasteiger partial charge is 0.393 e. The highest BCUT2D eigenvalue weighted by Crippen LogP contribution is 2.12. The minimum Gasteiger partial charge on any atom is -0.393 e. The Morgan fingerprint density at radius 2 is 1.91 bits per heavy atom. The molecule has 1 saturated heterocycles. The molecule has 0 aliphatic carbocycles. The van der Waals surface area contributed by atoms with Gasteiger partial charge in [-0.3, -0.25) is 4.79 Å². The van der Waals surface area contributed by atoms with Gasteiger partial charge in [0.25, 0.3) is 0 Å². The Bertz CT molecular complexity index is 470. The maximum Gasteiger partial charge on any atom is 0.220 e. The van der Waals surface area contributed by atoms with Crippen LogP contribution in [-0.4, -0.2) is 48.2 Å². The topological polar surface area (TPSA) is 52.6 Å². The van der Waals surface area contributed by atoms with Gasteiger partial charge in [-0.25, -0.2) is 0 Å². The molecular formula is C18H27ClN2O2. The van der Waals surface area contributed by atoms with Crippen molar-refractivity contribution in [3.8, 4) is 0 Å². The highest BCUT2D eigenvalue weighted by molar-refractivity contribution is 6.30. The van der Waals surface area contributed by atoms with Crippen molar-refractivity contribution >= 4 is 17.5 Å². The van der Waals surface area contributed by atoms with Gasteiger partial charge in [-0.2, -0.15) is 0 Å². The van der Waals surface area contributed by atoms with Crippen LogP contribution >= 0.6 is 11.6 Å². The number of piperidine rings is 1. The minimum absolute atomic E-state index is 0.119. The Morgan fingerprint density at radius 3 is 2.61 bits per heavy atom. The zero-order valence-corrected chi connectivity index (χ0v) is 14.4. The molecule has 1 fully saturated rings. The van der Waals surface area contributed by atoms with Gasteiger partial charge in [0.2, 0.25) is 5.91 Å². The first-order chi connectivity index (χ1) is 11.1. The summed E-state index contributed by atoms with van der Waals surface area (Å²) in [5.74, 6) is 0.132. The fraction of sp³-hybridized carbons (Fsp3) is 0.611. The standard InChI is InChI=1S/C18H27ClN2O2/c19-16-7-5-15(6-8-16)3-1-4-18(23)20-11-2-12-21-13-9-17(22)10-14-21/h5-8,17,22H,1-4,9-14H2,(H,20,23). The van der Waals surface area contributed by atoms with Gasteiger partial charge in [-0.05, 0) is 56.3 Å². The molecule has 0 aromatic heterocycles. The van der Waals surface area contributed by atoms with E-state index in [2.05, 4.69) is 10.2 Å². The van der Waals surface area contributed by atoms with E-state index in [9.17, 15) is 9.90 Å². The van der Waals surface area contributed by atoms with Crippen molar-refractivity contribution in [1.29, 1.82) is 0 Å². The van der Waals surface area contributed by atoms with Crippen LogP contribution in [0.1, 0.15) is 37.7 Å². The van der Waals surface area contributed by atoms with Gasteiger partial charge in [-0.15, -0.1) is 0 Å². The Balaban J connectivity index is 1.49. The van der Waals surface area contributed by atoms with E-state index in [4.69, 9.17) is 11.6 Å². The first-order valence-electron chi connectivity index (χ1n) is 8.55. The maximum absolute atomic E-state index is 11.8. The number of amides is 1. The van der Waals surface area contributed by atoms with Crippen LogP contribution in [0.15, 0.2) is 24.3 Å². The number of aliphatic hydroxyl groups is 1. The van der Waals surface area contributed by atoms with Gasteiger partial charge in [0.05, 0.1) is 6.10 Å². The van der Waals surface area contributed by atoms with Crippen LogP contribution in [-0.2, 0) is 11.2 Å². The third-order valence-electron chi connectivity index (χ3n) is 4.31. The third kappa shape index (κ3) is 7.34. The lowest BCUT2D eigenvalue weighted by molar-refractivity contribution is -0.121. The predicted molar refractivity (Wildman–Crippen MR) is 93.7 cm³/mol. The molecule has 0 unspecified atom stereocenters. The molecule has 23 heavy (non-hydrogen) atoms. The average Bonchev–Trinajstić information content (AvgIpc) is 2.55. The van der Waals surface area contributed by atoms with Crippen LogP contribution in [0.3, 0.4) is 0 Å². The lowest BCUT2D eigenvalue weighted by Gasteiger charge is -2.29. The van der Waals surface area contributed by atoms with Crippen molar-refractivity contribution < 1.29 is 9.90 Å². The third-order valence-corrected chi connectivity index (χ3v) is 4.56. The first-order valence-corrected chi connectivity index (χ1v) is 8.93. The zero-order valence-electron chi connectivity index (χ0n) is 13.6. The molecular weight excluding hydrogens is 312 g/mol. The van der Waals surface area contributed by atoms with E-state index in [1.54, 1.807) is 0 Å². The van der Waals surface area contributed by atoms with E-state index in [0.717, 1.165) is 63.3 Å². The molecule has 0 radical (unpaired) electrons. The number of nitrogens with one attached hydrogen (secondary N) is 1. The number of halogens is 1. The number of hydrogen-bond donors (Lipinski definition) is 2. The Kier molecular flexibility index (Phi) is 7.86. The molecule has 1 aliphatic rings. The Morgan fingerprint density at radius 1 is 1.22 bits per heavy atom. The summed E-state index contributed by atoms with van der Waals surface area (Å²) in [6, 6.07) is 7.79. The van der Waals surface area contributed by atoms with Crippen molar-refractivity contribution in [1.82, 2.24) is 10.2 Å². The highest BCUT2D eigenvalue weighted by atomic mass is 35.5. The van der Waals surface area contributed by atoms with E-state index >= 15 is 0 Å². The monoisotopic (exact) mass is 338 g/mol. The fourth-order valence-electron chi connectivity index (χ4n) is 2.87. The first kappa shape index (κ1) is 18.2. The van der Waals surface area contributed by atoms with Gasteiger partial charge in [0.15, 0.2) is 0 Å². The number of rotatable bonds is 8. The van der Waals surface area contributed by atoms with E-state index in [0.29, 0.717) is 6.42 Å². The summed E-state index contributed by atoms with van der Waals surface area (Å²) in [5.41, 5.74) is 1.22. The van der Waals surface area contributed by atoms with Crippen molar-refractivity contribution in [2.75, 3.05) is 26.2 Å². The molecule has 5 heteroatoms. The maximum atomic E-state index is 11.8. The van der Waals surface area contributed by atoms with E-state index in [-0.39, 0.29) is 12.0 Å². The molecule has 0 spiro atoms. The second-order valence-corrected chi connectivity index (χ2v) is 6.69. The Hall–Kier alpha value is -1.10. The number of carbonyl (C=O) groups is 1. The second-order valence-electron chi connectivity index (χ2n) is 6.26. The van der Waals surface area contributed by atoms with Gasteiger partial charge in [0, 0.05) is 31.1 Å². The minimum atomic E-state index is -0.119. The molecule has 4 nitrogen and oxygen atoms in total. The summed E-state index contributed by atoms with van der Waals surface area (Å²) in [7, 11) is 0. The number of likely N-dealkylation sites (tertiary alicyclic amines) is 1. The van der Waals surface area contributed by atoms with Crippen LogP contribution < -0.4 is 5.32 Å². The second kappa shape index (κ2) is 9.91. The number of aryl methyl sites for hydroxylation is 1. The lowest BCUT2D eigenvalue weighted by Crippen LogP contribution is -2.37. The van der Waals surface area contributed by atoms with Crippen LogP contribution in [0, 0.1) is 0 Å².